The average Bonchev–Trinajstić information content (AvgIpc) is 1.93. The molecule has 0 fully saturated rings. The molecule has 4 nitrogen and oxygen atoms in total. The van der Waals surface area contributed by atoms with Gasteiger partial charge in [-0.1, -0.05) is 0 Å². The lowest BCUT2D eigenvalue weighted by molar-refractivity contribution is -0.163. The summed E-state index contributed by atoms with van der Waals surface area (Å²) in [6, 6.07) is 0. The lowest BCUT2D eigenvalue weighted by Crippen LogP contribution is -2.28. The maximum atomic E-state index is 10.8. The van der Waals surface area contributed by atoms with Crippen LogP contribution in [0.1, 0.15) is 13.3 Å². The van der Waals surface area contributed by atoms with Gasteiger partial charge in [0.1, 0.15) is 0 Å². The Morgan fingerprint density at radius 1 is 1.82 bits per heavy atom. The molecule has 0 amide bonds. The minimum absolute atomic E-state index is 0.401. The van der Waals surface area contributed by atoms with E-state index in [4.69, 9.17) is 0 Å². The van der Waals surface area contributed by atoms with Gasteiger partial charge in [-0.15, -0.1) is 0 Å². The van der Waals surface area contributed by atoms with Gasteiger partial charge in [0.25, 0.3) is 0 Å². The molecule has 1 unspecified atom stereocenters. The zero-order valence-electron chi connectivity index (χ0n) is 6.07. The Bertz CT molecular complexity index is 206. The van der Waals surface area contributed by atoms with E-state index in [0.717, 1.165) is 0 Å². The van der Waals surface area contributed by atoms with Crippen molar-refractivity contribution < 1.29 is 19.1 Å². The first-order chi connectivity index (χ1) is 5.20. The largest absolute Gasteiger partial charge is 0.450 e. The van der Waals surface area contributed by atoms with Crippen molar-refractivity contribution in [3.05, 3.63) is 12.3 Å². The van der Waals surface area contributed by atoms with Gasteiger partial charge in [0.05, 0.1) is 6.26 Å². The van der Waals surface area contributed by atoms with Gasteiger partial charge in [0, 0.05) is 13.3 Å². The van der Waals surface area contributed by atoms with Crippen molar-refractivity contribution in [3.63, 3.8) is 0 Å². The highest BCUT2D eigenvalue weighted by molar-refractivity contribution is 5.79. The molecule has 60 valence electrons. The van der Waals surface area contributed by atoms with Crippen LogP contribution in [0, 0.1) is 0 Å². The number of ether oxygens (including phenoxy) is 2. The second-order valence-electron chi connectivity index (χ2n) is 2.14. The number of esters is 2. The Morgan fingerprint density at radius 3 is 3.09 bits per heavy atom. The first kappa shape index (κ1) is 7.78. The topological polar surface area (TPSA) is 52.6 Å². The van der Waals surface area contributed by atoms with Crippen LogP contribution in [0.3, 0.4) is 0 Å². The molecule has 0 spiro atoms. The fourth-order valence-corrected chi connectivity index (χ4v) is 0.763. The third kappa shape index (κ3) is 2.07. The molecule has 0 saturated heterocycles. The molecule has 1 aliphatic rings. The molecule has 1 aliphatic heterocycles. The minimum atomic E-state index is -0.752. The van der Waals surface area contributed by atoms with Crippen LogP contribution in [0.5, 0.6) is 0 Å². The van der Waals surface area contributed by atoms with Crippen molar-refractivity contribution in [3.8, 4) is 0 Å². The summed E-state index contributed by atoms with van der Waals surface area (Å²) in [6.07, 6.45) is 2.58. The second kappa shape index (κ2) is 3.18. The van der Waals surface area contributed by atoms with E-state index in [2.05, 4.69) is 9.47 Å². The standard InChI is InChI=1S/C7H8O4/c1-5(8)11-6-3-2-4-10-7(6)9/h2,4,6H,3H2,1H3. The van der Waals surface area contributed by atoms with E-state index in [-0.39, 0.29) is 0 Å². The van der Waals surface area contributed by atoms with E-state index in [1.165, 1.54) is 13.2 Å². The SMILES string of the molecule is CC(=O)OC1CC=COC1=O. The maximum Gasteiger partial charge on any atom is 0.352 e. The molecule has 1 atom stereocenters. The third-order valence-electron chi connectivity index (χ3n) is 1.20. The summed E-state index contributed by atoms with van der Waals surface area (Å²) < 4.78 is 9.13. The van der Waals surface area contributed by atoms with Crippen LogP contribution in [-0.4, -0.2) is 18.0 Å². The smallest absolute Gasteiger partial charge is 0.352 e. The van der Waals surface area contributed by atoms with E-state index < -0.39 is 18.0 Å². The van der Waals surface area contributed by atoms with Gasteiger partial charge < -0.3 is 9.47 Å². The van der Waals surface area contributed by atoms with Crippen molar-refractivity contribution in [2.24, 2.45) is 0 Å². The van der Waals surface area contributed by atoms with E-state index in [1.54, 1.807) is 6.08 Å². The quantitative estimate of drug-likeness (QED) is 0.515. The van der Waals surface area contributed by atoms with Crippen LogP contribution in [0.15, 0.2) is 12.3 Å². The minimum Gasteiger partial charge on any atom is -0.450 e. The molecule has 0 aliphatic carbocycles. The predicted molar refractivity (Wildman–Crippen MR) is 35.4 cm³/mol. The summed E-state index contributed by atoms with van der Waals surface area (Å²) in [7, 11) is 0. The Kier molecular flexibility index (Phi) is 2.25. The number of hydrogen-bond donors (Lipinski definition) is 0. The highest BCUT2D eigenvalue weighted by atomic mass is 16.6. The lowest BCUT2D eigenvalue weighted by Gasteiger charge is -2.15. The van der Waals surface area contributed by atoms with Gasteiger partial charge in [-0.25, -0.2) is 4.79 Å². The monoisotopic (exact) mass is 156 g/mol. The number of cyclic esters (lactones) is 1. The first-order valence-corrected chi connectivity index (χ1v) is 3.23. The molecule has 1 rings (SSSR count). The number of carbonyl (C=O) groups excluding carboxylic acids is 2. The summed E-state index contributed by atoms with van der Waals surface area (Å²) >= 11 is 0. The maximum absolute atomic E-state index is 10.8. The van der Waals surface area contributed by atoms with Crippen LogP contribution < -0.4 is 0 Å². The van der Waals surface area contributed by atoms with E-state index in [9.17, 15) is 9.59 Å². The van der Waals surface area contributed by atoms with Crippen LogP contribution >= 0.6 is 0 Å². The summed E-state index contributed by atoms with van der Waals surface area (Å²) in [5.41, 5.74) is 0. The van der Waals surface area contributed by atoms with Crippen molar-refractivity contribution in [2.75, 3.05) is 0 Å². The lowest BCUT2D eigenvalue weighted by atomic mass is 10.2. The van der Waals surface area contributed by atoms with Crippen LogP contribution in [0.4, 0.5) is 0 Å². The molecule has 1 heterocycles. The van der Waals surface area contributed by atoms with Gasteiger partial charge in [0.15, 0.2) is 0 Å². The van der Waals surface area contributed by atoms with Crippen LogP contribution in [0.25, 0.3) is 0 Å². The number of carbonyl (C=O) groups is 2. The van der Waals surface area contributed by atoms with E-state index in [0.29, 0.717) is 6.42 Å². The summed E-state index contributed by atoms with van der Waals surface area (Å²) in [6.45, 7) is 1.26. The summed E-state index contributed by atoms with van der Waals surface area (Å²) in [5, 5.41) is 0. The molecule has 0 radical (unpaired) electrons. The van der Waals surface area contributed by atoms with Crippen LogP contribution in [-0.2, 0) is 19.1 Å². The predicted octanol–water partition coefficient (Wildman–Crippen LogP) is 0.379. The molecule has 0 aromatic rings. The second-order valence-corrected chi connectivity index (χ2v) is 2.14. The van der Waals surface area contributed by atoms with Gasteiger partial charge in [-0.3, -0.25) is 4.79 Å². The molecule has 11 heavy (non-hydrogen) atoms. The summed E-state index contributed by atoms with van der Waals surface area (Å²) in [5.74, 6) is -0.982. The molecule has 0 saturated carbocycles. The van der Waals surface area contributed by atoms with Crippen molar-refractivity contribution in [1.29, 1.82) is 0 Å². The molecular weight excluding hydrogens is 148 g/mol. The highest BCUT2D eigenvalue weighted by Gasteiger charge is 2.23. The van der Waals surface area contributed by atoms with Crippen molar-refractivity contribution in [1.82, 2.24) is 0 Å². The fourth-order valence-electron chi connectivity index (χ4n) is 0.763. The molecule has 0 N–H and O–H groups in total. The van der Waals surface area contributed by atoms with Crippen molar-refractivity contribution in [2.45, 2.75) is 19.4 Å². The Balaban J connectivity index is 2.51. The molecular formula is C7H8O4. The zero-order valence-corrected chi connectivity index (χ0v) is 6.07. The summed E-state index contributed by atoms with van der Waals surface area (Å²) in [4.78, 5) is 21.2. The average molecular weight is 156 g/mol. The Hall–Kier alpha value is -1.32. The van der Waals surface area contributed by atoms with Gasteiger partial charge in [-0.2, -0.15) is 0 Å². The Morgan fingerprint density at radius 2 is 2.55 bits per heavy atom. The van der Waals surface area contributed by atoms with Gasteiger partial charge >= 0.3 is 11.9 Å². The normalized spacial score (nSPS) is 22.6. The molecule has 0 aromatic heterocycles. The van der Waals surface area contributed by atoms with E-state index >= 15 is 0 Å². The highest BCUT2D eigenvalue weighted by Crippen LogP contribution is 2.08. The number of hydrogen-bond acceptors (Lipinski definition) is 4. The van der Waals surface area contributed by atoms with E-state index in [1.807, 2.05) is 0 Å². The number of rotatable bonds is 1. The van der Waals surface area contributed by atoms with Crippen LogP contribution in [0.2, 0.25) is 0 Å². The zero-order chi connectivity index (χ0) is 8.27. The molecule has 4 heteroatoms. The fraction of sp³-hybridized carbons (Fsp3) is 0.429. The first-order valence-electron chi connectivity index (χ1n) is 3.23. The van der Waals surface area contributed by atoms with Crippen molar-refractivity contribution >= 4 is 11.9 Å². The molecule has 0 aromatic carbocycles. The molecule has 0 bridgehead atoms. The third-order valence-corrected chi connectivity index (χ3v) is 1.20. The van der Waals surface area contributed by atoms with Gasteiger partial charge in [-0.05, 0) is 6.08 Å². The van der Waals surface area contributed by atoms with Gasteiger partial charge in [0.2, 0.25) is 6.10 Å². The Labute approximate surface area is 63.8 Å².